The molecule has 0 saturated heterocycles. The SMILES string of the molecule is O=C(CNC(=O)c1ccc(C(F)(F)F)cc1)Nc1cccc(Cl)c1. The van der Waals surface area contributed by atoms with Gasteiger partial charge in [0.15, 0.2) is 0 Å². The normalized spacial score (nSPS) is 11.0. The number of hydrogen-bond donors (Lipinski definition) is 2. The van der Waals surface area contributed by atoms with Crippen molar-refractivity contribution in [2.45, 2.75) is 6.18 Å². The van der Waals surface area contributed by atoms with Crippen LogP contribution in [0.25, 0.3) is 0 Å². The van der Waals surface area contributed by atoms with Crippen molar-refractivity contribution in [3.8, 4) is 0 Å². The fraction of sp³-hybridized carbons (Fsp3) is 0.125. The van der Waals surface area contributed by atoms with Crippen LogP contribution in [0.5, 0.6) is 0 Å². The molecule has 0 aliphatic rings. The van der Waals surface area contributed by atoms with Crippen LogP contribution in [0.1, 0.15) is 15.9 Å². The van der Waals surface area contributed by atoms with Gasteiger partial charge in [-0.2, -0.15) is 13.2 Å². The summed E-state index contributed by atoms with van der Waals surface area (Å²) in [5.74, 6) is -1.14. The first-order chi connectivity index (χ1) is 11.3. The van der Waals surface area contributed by atoms with Crippen molar-refractivity contribution in [3.63, 3.8) is 0 Å². The number of carbonyl (C=O) groups excluding carboxylic acids is 2. The lowest BCUT2D eigenvalue weighted by Gasteiger charge is -2.09. The van der Waals surface area contributed by atoms with Gasteiger partial charge < -0.3 is 10.6 Å². The molecule has 0 bridgehead atoms. The summed E-state index contributed by atoms with van der Waals surface area (Å²) >= 11 is 5.78. The van der Waals surface area contributed by atoms with E-state index in [1.165, 1.54) is 6.07 Å². The molecule has 0 aliphatic carbocycles. The molecule has 0 spiro atoms. The Bertz CT molecular complexity index is 746. The highest BCUT2D eigenvalue weighted by molar-refractivity contribution is 6.30. The zero-order valence-corrected chi connectivity index (χ0v) is 12.9. The molecule has 8 heteroatoms. The Morgan fingerprint density at radius 2 is 1.71 bits per heavy atom. The molecule has 0 saturated carbocycles. The minimum absolute atomic E-state index is 0.0264. The van der Waals surface area contributed by atoms with Crippen LogP contribution in [0.15, 0.2) is 48.5 Å². The second-order valence-corrected chi connectivity index (χ2v) is 5.25. The molecule has 2 amide bonds. The Balaban J connectivity index is 1.89. The van der Waals surface area contributed by atoms with Gasteiger partial charge >= 0.3 is 6.18 Å². The molecule has 0 aliphatic heterocycles. The Hall–Kier alpha value is -2.54. The zero-order chi connectivity index (χ0) is 17.7. The lowest BCUT2D eigenvalue weighted by atomic mass is 10.1. The van der Waals surface area contributed by atoms with Gasteiger partial charge in [-0.25, -0.2) is 0 Å². The van der Waals surface area contributed by atoms with Crippen LogP contribution in [0.2, 0.25) is 5.02 Å². The van der Waals surface area contributed by atoms with Gasteiger partial charge in [0, 0.05) is 16.3 Å². The second kappa shape index (κ2) is 7.35. The molecule has 0 heterocycles. The van der Waals surface area contributed by atoms with E-state index >= 15 is 0 Å². The molecule has 2 aromatic rings. The monoisotopic (exact) mass is 356 g/mol. The fourth-order valence-electron chi connectivity index (χ4n) is 1.84. The maximum Gasteiger partial charge on any atom is 0.416 e. The number of anilines is 1. The van der Waals surface area contributed by atoms with E-state index < -0.39 is 23.6 Å². The number of halogens is 4. The summed E-state index contributed by atoms with van der Waals surface area (Å²) in [6, 6.07) is 10.2. The van der Waals surface area contributed by atoms with E-state index in [1.807, 2.05) is 0 Å². The zero-order valence-electron chi connectivity index (χ0n) is 12.2. The molecule has 2 rings (SSSR count). The molecular weight excluding hydrogens is 345 g/mol. The molecule has 0 aromatic heterocycles. The maximum atomic E-state index is 12.4. The van der Waals surface area contributed by atoms with Gasteiger partial charge in [-0.15, -0.1) is 0 Å². The summed E-state index contributed by atoms with van der Waals surface area (Å²) in [7, 11) is 0. The van der Waals surface area contributed by atoms with E-state index in [4.69, 9.17) is 11.6 Å². The first-order valence-electron chi connectivity index (χ1n) is 6.76. The first-order valence-corrected chi connectivity index (χ1v) is 7.14. The van der Waals surface area contributed by atoms with Gasteiger partial charge in [-0.05, 0) is 42.5 Å². The largest absolute Gasteiger partial charge is 0.416 e. The van der Waals surface area contributed by atoms with Gasteiger partial charge in [0.2, 0.25) is 5.91 Å². The molecule has 24 heavy (non-hydrogen) atoms. The van der Waals surface area contributed by atoms with E-state index in [2.05, 4.69) is 10.6 Å². The van der Waals surface area contributed by atoms with Crippen LogP contribution in [0, 0.1) is 0 Å². The molecule has 126 valence electrons. The summed E-state index contributed by atoms with van der Waals surface area (Å²) < 4.78 is 37.3. The summed E-state index contributed by atoms with van der Waals surface area (Å²) in [6.07, 6.45) is -4.47. The van der Waals surface area contributed by atoms with Crippen molar-refractivity contribution in [1.29, 1.82) is 0 Å². The molecule has 4 nitrogen and oxygen atoms in total. The van der Waals surface area contributed by atoms with Crippen molar-refractivity contribution in [2.75, 3.05) is 11.9 Å². The highest BCUT2D eigenvalue weighted by atomic mass is 35.5. The quantitative estimate of drug-likeness (QED) is 0.877. The van der Waals surface area contributed by atoms with Gasteiger partial charge in [0.05, 0.1) is 12.1 Å². The molecule has 0 radical (unpaired) electrons. The van der Waals surface area contributed by atoms with Crippen LogP contribution < -0.4 is 10.6 Å². The third-order valence-electron chi connectivity index (χ3n) is 2.99. The number of nitrogens with one attached hydrogen (secondary N) is 2. The smallest absolute Gasteiger partial charge is 0.343 e. The summed E-state index contributed by atoms with van der Waals surface area (Å²) in [4.78, 5) is 23.6. The maximum absolute atomic E-state index is 12.4. The minimum atomic E-state index is -4.47. The Morgan fingerprint density at radius 1 is 1.04 bits per heavy atom. The number of rotatable bonds is 4. The first kappa shape index (κ1) is 17.8. The Kier molecular flexibility index (Phi) is 5.46. The molecule has 0 atom stereocenters. The third kappa shape index (κ3) is 4.99. The van der Waals surface area contributed by atoms with Crippen LogP contribution >= 0.6 is 11.6 Å². The topological polar surface area (TPSA) is 58.2 Å². The fourth-order valence-corrected chi connectivity index (χ4v) is 2.03. The number of carbonyl (C=O) groups is 2. The van der Waals surface area contributed by atoms with Gasteiger partial charge in [0.1, 0.15) is 0 Å². The van der Waals surface area contributed by atoms with Crippen molar-refractivity contribution >= 4 is 29.1 Å². The van der Waals surface area contributed by atoms with Crippen LogP contribution in [0.4, 0.5) is 18.9 Å². The average Bonchev–Trinajstić information content (AvgIpc) is 2.52. The van der Waals surface area contributed by atoms with Crippen molar-refractivity contribution in [2.24, 2.45) is 0 Å². The Morgan fingerprint density at radius 3 is 2.29 bits per heavy atom. The van der Waals surface area contributed by atoms with Crippen LogP contribution in [0.3, 0.4) is 0 Å². The lowest BCUT2D eigenvalue weighted by molar-refractivity contribution is -0.137. The number of benzene rings is 2. The highest BCUT2D eigenvalue weighted by Gasteiger charge is 2.30. The molecule has 0 unspecified atom stereocenters. The average molecular weight is 357 g/mol. The summed E-state index contributed by atoms with van der Waals surface area (Å²) in [5, 5.41) is 5.30. The minimum Gasteiger partial charge on any atom is -0.343 e. The van der Waals surface area contributed by atoms with Gasteiger partial charge in [0.25, 0.3) is 5.91 Å². The Labute approximate surface area is 140 Å². The predicted molar refractivity (Wildman–Crippen MR) is 83.9 cm³/mol. The standard InChI is InChI=1S/C16H12ClF3N2O2/c17-12-2-1-3-13(8-12)22-14(23)9-21-15(24)10-4-6-11(7-5-10)16(18,19)20/h1-8H,9H2,(H,21,24)(H,22,23). The molecule has 2 aromatic carbocycles. The lowest BCUT2D eigenvalue weighted by Crippen LogP contribution is -2.32. The molecular formula is C16H12ClF3N2O2. The van der Waals surface area contributed by atoms with E-state index in [0.717, 1.165) is 24.3 Å². The van der Waals surface area contributed by atoms with Crippen molar-refractivity contribution < 1.29 is 22.8 Å². The number of alkyl halides is 3. The van der Waals surface area contributed by atoms with Crippen molar-refractivity contribution in [3.05, 3.63) is 64.7 Å². The number of hydrogen-bond acceptors (Lipinski definition) is 2. The van der Waals surface area contributed by atoms with E-state index in [1.54, 1.807) is 18.2 Å². The summed E-state index contributed by atoms with van der Waals surface area (Å²) in [5.41, 5.74) is -0.354. The van der Waals surface area contributed by atoms with E-state index in [-0.39, 0.29) is 12.1 Å². The predicted octanol–water partition coefficient (Wildman–Crippen LogP) is 3.73. The summed E-state index contributed by atoms with van der Waals surface area (Å²) in [6.45, 7) is -0.327. The highest BCUT2D eigenvalue weighted by Crippen LogP contribution is 2.29. The van der Waals surface area contributed by atoms with Crippen molar-refractivity contribution in [1.82, 2.24) is 5.32 Å². The van der Waals surface area contributed by atoms with Gasteiger partial charge in [-0.1, -0.05) is 17.7 Å². The third-order valence-corrected chi connectivity index (χ3v) is 3.23. The van der Waals surface area contributed by atoms with Gasteiger partial charge in [-0.3, -0.25) is 9.59 Å². The van der Waals surface area contributed by atoms with E-state index in [9.17, 15) is 22.8 Å². The molecule has 2 N–H and O–H groups in total. The van der Waals surface area contributed by atoms with Crippen LogP contribution in [-0.4, -0.2) is 18.4 Å². The van der Waals surface area contributed by atoms with E-state index in [0.29, 0.717) is 10.7 Å². The van der Waals surface area contributed by atoms with Crippen LogP contribution in [-0.2, 0) is 11.0 Å². The second-order valence-electron chi connectivity index (χ2n) is 4.82. The molecule has 0 fully saturated rings. The number of amides is 2.